The first-order valence-corrected chi connectivity index (χ1v) is 7.87. The second-order valence-corrected chi connectivity index (χ2v) is 5.87. The van der Waals surface area contributed by atoms with Gasteiger partial charge >= 0.3 is 0 Å². The second-order valence-electron chi connectivity index (χ2n) is 5.00. The number of nitrogens with one attached hydrogen (secondary N) is 1. The van der Waals surface area contributed by atoms with E-state index in [1.165, 1.54) is 0 Å². The molecule has 0 radical (unpaired) electrons. The average Bonchev–Trinajstić information content (AvgIpc) is 3.17. The van der Waals surface area contributed by atoms with Crippen LogP contribution in [0.25, 0.3) is 6.08 Å². The summed E-state index contributed by atoms with van der Waals surface area (Å²) in [4.78, 5) is 18.5. The van der Waals surface area contributed by atoms with Crippen molar-refractivity contribution in [1.82, 2.24) is 10.3 Å². The van der Waals surface area contributed by atoms with E-state index < -0.39 is 0 Å². The zero-order valence-corrected chi connectivity index (χ0v) is 12.4. The predicted octanol–water partition coefficient (Wildman–Crippen LogP) is 2.55. The summed E-state index contributed by atoms with van der Waals surface area (Å²) in [6.45, 7) is 1.78. The third-order valence-corrected chi connectivity index (χ3v) is 4.28. The van der Waals surface area contributed by atoms with Crippen LogP contribution in [-0.2, 0) is 4.79 Å². The molecular formula is C16H17N3OS. The van der Waals surface area contributed by atoms with Gasteiger partial charge in [-0.25, -0.2) is 4.98 Å². The highest BCUT2D eigenvalue weighted by Crippen LogP contribution is 2.22. The van der Waals surface area contributed by atoms with Crippen molar-refractivity contribution in [3.8, 4) is 0 Å². The van der Waals surface area contributed by atoms with E-state index >= 15 is 0 Å². The Kier molecular flexibility index (Phi) is 4.31. The van der Waals surface area contributed by atoms with Gasteiger partial charge in [0.05, 0.1) is 0 Å². The number of nitrogens with zero attached hydrogens (tertiary/aromatic N) is 2. The molecule has 21 heavy (non-hydrogen) atoms. The van der Waals surface area contributed by atoms with E-state index in [-0.39, 0.29) is 11.9 Å². The molecule has 5 heteroatoms. The van der Waals surface area contributed by atoms with Gasteiger partial charge in [-0.1, -0.05) is 30.3 Å². The highest BCUT2D eigenvalue weighted by Gasteiger charge is 2.24. The molecule has 0 aliphatic carbocycles. The van der Waals surface area contributed by atoms with Crippen LogP contribution in [0.4, 0.5) is 5.13 Å². The zero-order chi connectivity index (χ0) is 14.5. The van der Waals surface area contributed by atoms with Gasteiger partial charge in [0.15, 0.2) is 5.13 Å². The summed E-state index contributed by atoms with van der Waals surface area (Å²) in [5.74, 6) is -0.0372. The lowest BCUT2D eigenvalue weighted by molar-refractivity contribution is -0.117. The Morgan fingerprint density at radius 2 is 2.24 bits per heavy atom. The first kappa shape index (κ1) is 13.8. The number of thiazole rings is 1. The van der Waals surface area contributed by atoms with Crippen LogP contribution in [0, 0.1) is 0 Å². The van der Waals surface area contributed by atoms with E-state index in [0.29, 0.717) is 0 Å². The quantitative estimate of drug-likeness (QED) is 0.883. The second kappa shape index (κ2) is 6.54. The SMILES string of the molecule is O=C(/C=C/c1ccccc1)N[C@H]1CCN(c2nccs2)C1. The highest BCUT2D eigenvalue weighted by atomic mass is 32.1. The smallest absolute Gasteiger partial charge is 0.244 e. The topological polar surface area (TPSA) is 45.2 Å². The molecule has 1 aliphatic rings. The lowest BCUT2D eigenvalue weighted by Gasteiger charge is -2.15. The van der Waals surface area contributed by atoms with Gasteiger partial charge in [-0.05, 0) is 18.1 Å². The van der Waals surface area contributed by atoms with Crippen LogP contribution in [0.1, 0.15) is 12.0 Å². The van der Waals surface area contributed by atoms with Crippen molar-refractivity contribution >= 4 is 28.5 Å². The van der Waals surface area contributed by atoms with Crippen molar-refractivity contribution in [1.29, 1.82) is 0 Å². The van der Waals surface area contributed by atoms with Crippen molar-refractivity contribution in [2.75, 3.05) is 18.0 Å². The highest BCUT2D eigenvalue weighted by molar-refractivity contribution is 7.13. The Morgan fingerprint density at radius 3 is 3.00 bits per heavy atom. The maximum atomic E-state index is 11.9. The van der Waals surface area contributed by atoms with E-state index in [1.54, 1.807) is 17.4 Å². The Balaban J connectivity index is 1.51. The third kappa shape index (κ3) is 3.70. The number of rotatable bonds is 4. The molecule has 1 atom stereocenters. The summed E-state index contributed by atoms with van der Waals surface area (Å²) in [5, 5.41) is 6.06. The minimum Gasteiger partial charge on any atom is -0.348 e. The predicted molar refractivity (Wildman–Crippen MR) is 86.4 cm³/mol. The maximum absolute atomic E-state index is 11.9. The number of hydrogen-bond donors (Lipinski definition) is 1. The number of aromatic nitrogens is 1. The van der Waals surface area contributed by atoms with Gasteiger partial charge < -0.3 is 10.2 Å². The molecule has 1 aliphatic heterocycles. The fourth-order valence-electron chi connectivity index (χ4n) is 2.41. The molecule has 0 unspecified atom stereocenters. The Bertz CT molecular complexity index is 610. The molecule has 1 saturated heterocycles. The molecular weight excluding hydrogens is 282 g/mol. The number of amides is 1. The fraction of sp³-hybridized carbons (Fsp3) is 0.250. The van der Waals surface area contributed by atoms with Gasteiger partial charge in [0, 0.05) is 36.8 Å². The first-order valence-electron chi connectivity index (χ1n) is 6.99. The Labute approximate surface area is 128 Å². The summed E-state index contributed by atoms with van der Waals surface area (Å²) in [6.07, 6.45) is 6.21. The van der Waals surface area contributed by atoms with Crippen molar-refractivity contribution in [2.24, 2.45) is 0 Å². The molecule has 1 N–H and O–H groups in total. The van der Waals surface area contributed by atoms with Crippen molar-refractivity contribution in [3.63, 3.8) is 0 Å². The third-order valence-electron chi connectivity index (χ3n) is 3.45. The van der Waals surface area contributed by atoms with Gasteiger partial charge in [0.25, 0.3) is 0 Å². The van der Waals surface area contributed by atoms with Gasteiger partial charge in [0.2, 0.25) is 5.91 Å². The molecule has 0 spiro atoms. The molecule has 0 saturated carbocycles. The molecule has 1 aromatic heterocycles. The monoisotopic (exact) mass is 299 g/mol. The molecule has 0 bridgehead atoms. The average molecular weight is 299 g/mol. The number of carbonyl (C=O) groups is 1. The molecule has 2 aromatic rings. The number of benzene rings is 1. The summed E-state index contributed by atoms with van der Waals surface area (Å²) < 4.78 is 0. The summed E-state index contributed by atoms with van der Waals surface area (Å²) in [7, 11) is 0. The van der Waals surface area contributed by atoms with E-state index in [2.05, 4.69) is 15.2 Å². The fourth-order valence-corrected chi connectivity index (χ4v) is 3.09. The van der Waals surface area contributed by atoms with Crippen LogP contribution in [0.3, 0.4) is 0 Å². The molecule has 1 aromatic carbocycles. The minimum absolute atomic E-state index is 0.0372. The molecule has 3 rings (SSSR count). The van der Waals surface area contributed by atoms with E-state index in [1.807, 2.05) is 48.0 Å². The molecule has 1 fully saturated rings. The van der Waals surface area contributed by atoms with E-state index in [4.69, 9.17) is 0 Å². The number of carbonyl (C=O) groups excluding carboxylic acids is 1. The van der Waals surface area contributed by atoms with E-state index in [0.717, 1.165) is 30.2 Å². The molecule has 4 nitrogen and oxygen atoms in total. The molecule has 2 heterocycles. The van der Waals surface area contributed by atoms with Crippen molar-refractivity contribution in [2.45, 2.75) is 12.5 Å². The summed E-state index contributed by atoms with van der Waals surface area (Å²) in [5.41, 5.74) is 1.03. The lowest BCUT2D eigenvalue weighted by atomic mass is 10.2. The largest absolute Gasteiger partial charge is 0.348 e. The summed E-state index contributed by atoms with van der Waals surface area (Å²) in [6, 6.07) is 10.0. The van der Waals surface area contributed by atoms with Gasteiger partial charge in [-0.15, -0.1) is 11.3 Å². The van der Waals surface area contributed by atoms with Crippen LogP contribution in [0.15, 0.2) is 48.0 Å². The van der Waals surface area contributed by atoms with Crippen molar-refractivity contribution < 1.29 is 4.79 Å². The lowest BCUT2D eigenvalue weighted by Crippen LogP contribution is -2.36. The first-order chi connectivity index (χ1) is 10.3. The van der Waals surface area contributed by atoms with Gasteiger partial charge in [-0.2, -0.15) is 0 Å². The molecule has 1 amide bonds. The van der Waals surface area contributed by atoms with E-state index in [9.17, 15) is 4.79 Å². The van der Waals surface area contributed by atoms with Crippen LogP contribution in [-0.4, -0.2) is 30.0 Å². The normalized spacial score (nSPS) is 18.3. The standard InChI is InChI=1S/C16H17N3OS/c20-15(7-6-13-4-2-1-3-5-13)18-14-8-10-19(12-14)16-17-9-11-21-16/h1-7,9,11,14H,8,10,12H2,(H,18,20)/b7-6+/t14-/m0/s1. The molecule has 108 valence electrons. The number of anilines is 1. The van der Waals surface area contributed by atoms with Gasteiger partial charge in [0.1, 0.15) is 0 Å². The summed E-state index contributed by atoms with van der Waals surface area (Å²) >= 11 is 1.64. The van der Waals surface area contributed by atoms with Crippen molar-refractivity contribution in [3.05, 3.63) is 53.5 Å². The van der Waals surface area contributed by atoms with Crippen LogP contribution < -0.4 is 10.2 Å². The van der Waals surface area contributed by atoms with Crippen LogP contribution in [0.5, 0.6) is 0 Å². The number of hydrogen-bond acceptors (Lipinski definition) is 4. The Hall–Kier alpha value is -2.14. The van der Waals surface area contributed by atoms with Crippen LogP contribution >= 0.6 is 11.3 Å². The van der Waals surface area contributed by atoms with Crippen LogP contribution in [0.2, 0.25) is 0 Å². The zero-order valence-electron chi connectivity index (χ0n) is 11.6. The Morgan fingerprint density at radius 1 is 1.38 bits per heavy atom. The van der Waals surface area contributed by atoms with Gasteiger partial charge in [-0.3, -0.25) is 4.79 Å². The maximum Gasteiger partial charge on any atom is 0.244 e. The minimum atomic E-state index is -0.0372.